The van der Waals surface area contributed by atoms with E-state index in [4.69, 9.17) is 10.00 Å². The minimum Gasteiger partial charge on any atom is -0.459 e. The van der Waals surface area contributed by atoms with Crippen LogP contribution in [0.5, 0.6) is 0 Å². The minimum absolute atomic E-state index is 0.265. The van der Waals surface area contributed by atoms with Gasteiger partial charge in [0.25, 0.3) is 0 Å². The van der Waals surface area contributed by atoms with E-state index in [1.807, 2.05) is 0 Å². The summed E-state index contributed by atoms with van der Waals surface area (Å²) in [5.74, 6) is -0.803. The van der Waals surface area contributed by atoms with Gasteiger partial charge in [-0.2, -0.15) is 18.4 Å². The number of rotatable bonds is 3. The fourth-order valence-corrected chi connectivity index (χ4v) is 1.35. The van der Waals surface area contributed by atoms with Crippen LogP contribution in [0.4, 0.5) is 13.2 Å². The Morgan fingerprint density at radius 3 is 2.25 bits per heavy atom. The van der Waals surface area contributed by atoms with Crippen LogP contribution >= 0.6 is 0 Å². The van der Waals surface area contributed by atoms with Crippen molar-refractivity contribution in [2.24, 2.45) is 0 Å². The number of benzene rings is 1. The van der Waals surface area contributed by atoms with Crippen molar-refractivity contribution in [3.05, 3.63) is 41.0 Å². The summed E-state index contributed by atoms with van der Waals surface area (Å²) in [6.45, 7) is 3.26. The predicted octanol–water partition coefficient (Wildman–Crippen LogP) is 3.56. The third-order valence-electron chi connectivity index (χ3n) is 2.23. The van der Waals surface area contributed by atoms with Gasteiger partial charge in [-0.25, -0.2) is 4.79 Å². The molecule has 0 heterocycles. The summed E-state index contributed by atoms with van der Waals surface area (Å²) < 4.78 is 42.0. The number of carbonyl (C=O) groups excluding carboxylic acids is 1. The Balaban J connectivity index is 2.97. The van der Waals surface area contributed by atoms with Crippen molar-refractivity contribution < 1.29 is 22.7 Å². The first kappa shape index (κ1) is 15.8. The molecule has 0 bridgehead atoms. The lowest BCUT2D eigenvalue weighted by Crippen LogP contribution is -2.12. The predicted molar refractivity (Wildman–Crippen MR) is 66.3 cm³/mol. The molecular formula is C14H12F3NO2. The molecule has 6 heteroatoms. The van der Waals surface area contributed by atoms with E-state index >= 15 is 0 Å². The van der Waals surface area contributed by atoms with Gasteiger partial charge in [-0.05, 0) is 37.6 Å². The van der Waals surface area contributed by atoms with Crippen LogP contribution in [0.15, 0.2) is 29.8 Å². The Bertz CT molecular complexity index is 551. The number of esters is 1. The smallest absolute Gasteiger partial charge is 0.416 e. The lowest BCUT2D eigenvalue weighted by atomic mass is 10.1. The van der Waals surface area contributed by atoms with Crippen LogP contribution in [-0.4, -0.2) is 12.1 Å². The molecule has 106 valence electrons. The van der Waals surface area contributed by atoms with Gasteiger partial charge in [-0.3, -0.25) is 0 Å². The number of hydrogen-bond donors (Lipinski definition) is 0. The second kappa shape index (κ2) is 6.24. The fourth-order valence-electron chi connectivity index (χ4n) is 1.35. The molecule has 20 heavy (non-hydrogen) atoms. The van der Waals surface area contributed by atoms with Gasteiger partial charge in [0.2, 0.25) is 0 Å². The Hall–Kier alpha value is -2.29. The number of halogens is 3. The average molecular weight is 283 g/mol. The van der Waals surface area contributed by atoms with Crippen LogP contribution in [0.2, 0.25) is 0 Å². The topological polar surface area (TPSA) is 50.1 Å². The second-order valence-electron chi connectivity index (χ2n) is 4.24. The van der Waals surface area contributed by atoms with Gasteiger partial charge in [0.15, 0.2) is 0 Å². The van der Waals surface area contributed by atoms with Crippen LogP contribution in [-0.2, 0) is 15.7 Å². The maximum Gasteiger partial charge on any atom is 0.416 e. The van der Waals surface area contributed by atoms with Crippen LogP contribution in [0.3, 0.4) is 0 Å². The summed E-state index contributed by atoms with van der Waals surface area (Å²) in [5, 5.41) is 8.86. The SMILES string of the molecule is CC(C)OC(=O)C(C#N)=Cc1ccc(C(F)(F)F)cc1. The molecule has 0 fully saturated rings. The van der Waals surface area contributed by atoms with E-state index in [0.717, 1.165) is 12.1 Å². The first-order valence-electron chi connectivity index (χ1n) is 5.74. The normalized spacial score (nSPS) is 12.2. The molecule has 0 N–H and O–H groups in total. The van der Waals surface area contributed by atoms with E-state index in [1.54, 1.807) is 19.9 Å². The zero-order valence-electron chi connectivity index (χ0n) is 10.9. The molecule has 0 unspecified atom stereocenters. The first-order chi connectivity index (χ1) is 9.24. The number of alkyl halides is 3. The van der Waals surface area contributed by atoms with Crippen molar-refractivity contribution in [1.29, 1.82) is 5.26 Å². The van der Waals surface area contributed by atoms with Gasteiger partial charge in [0.05, 0.1) is 11.7 Å². The summed E-state index contributed by atoms with van der Waals surface area (Å²) in [6, 6.07) is 5.80. The van der Waals surface area contributed by atoms with E-state index in [1.165, 1.54) is 18.2 Å². The lowest BCUT2D eigenvalue weighted by Gasteiger charge is -2.07. The van der Waals surface area contributed by atoms with E-state index in [2.05, 4.69) is 0 Å². The molecule has 0 aliphatic carbocycles. The third-order valence-corrected chi connectivity index (χ3v) is 2.23. The lowest BCUT2D eigenvalue weighted by molar-refractivity contribution is -0.142. The van der Waals surface area contributed by atoms with Crippen LogP contribution in [0.25, 0.3) is 6.08 Å². The highest BCUT2D eigenvalue weighted by Gasteiger charge is 2.29. The van der Waals surface area contributed by atoms with Crippen molar-refractivity contribution in [1.82, 2.24) is 0 Å². The number of ether oxygens (including phenoxy) is 1. The van der Waals surface area contributed by atoms with E-state index < -0.39 is 17.7 Å². The molecule has 0 aromatic heterocycles. The number of nitrogens with zero attached hydrogens (tertiary/aromatic N) is 1. The highest BCUT2D eigenvalue weighted by atomic mass is 19.4. The first-order valence-corrected chi connectivity index (χ1v) is 5.74. The molecule has 0 aliphatic heterocycles. The van der Waals surface area contributed by atoms with Crippen molar-refractivity contribution in [3.63, 3.8) is 0 Å². The van der Waals surface area contributed by atoms with E-state index in [0.29, 0.717) is 5.56 Å². The number of nitriles is 1. The highest BCUT2D eigenvalue weighted by Crippen LogP contribution is 2.29. The van der Waals surface area contributed by atoms with Gasteiger partial charge in [0.1, 0.15) is 11.6 Å². The molecule has 0 atom stereocenters. The zero-order chi connectivity index (χ0) is 15.3. The average Bonchev–Trinajstić information content (AvgIpc) is 2.34. The molecular weight excluding hydrogens is 271 g/mol. The summed E-state index contributed by atoms with van der Waals surface area (Å²) in [7, 11) is 0. The largest absolute Gasteiger partial charge is 0.459 e. The van der Waals surface area contributed by atoms with Crippen molar-refractivity contribution in [3.8, 4) is 6.07 Å². The van der Waals surface area contributed by atoms with E-state index in [9.17, 15) is 18.0 Å². The molecule has 1 aromatic rings. The maximum absolute atomic E-state index is 12.4. The molecule has 3 nitrogen and oxygen atoms in total. The molecule has 0 aliphatic rings. The van der Waals surface area contributed by atoms with Crippen LogP contribution < -0.4 is 0 Å². The van der Waals surface area contributed by atoms with Crippen molar-refractivity contribution in [2.45, 2.75) is 26.1 Å². The summed E-state index contributed by atoms with van der Waals surface area (Å²) in [6.07, 6.45) is -3.62. The van der Waals surface area contributed by atoms with Gasteiger partial charge in [0, 0.05) is 0 Å². The van der Waals surface area contributed by atoms with Crippen molar-refractivity contribution >= 4 is 12.0 Å². The monoisotopic (exact) mass is 283 g/mol. The fraction of sp³-hybridized carbons (Fsp3) is 0.286. The number of hydrogen-bond acceptors (Lipinski definition) is 3. The molecule has 0 spiro atoms. The Morgan fingerprint density at radius 2 is 1.85 bits per heavy atom. The van der Waals surface area contributed by atoms with Crippen LogP contribution in [0, 0.1) is 11.3 Å². The number of carbonyl (C=O) groups is 1. The quantitative estimate of drug-likeness (QED) is 0.484. The molecule has 0 amide bonds. The minimum atomic E-state index is -4.42. The highest BCUT2D eigenvalue weighted by molar-refractivity contribution is 5.97. The summed E-state index contributed by atoms with van der Waals surface area (Å²) >= 11 is 0. The molecule has 0 saturated heterocycles. The van der Waals surface area contributed by atoms with Crippen molar-refractivity contribution in [2.75, 3.05) is 0 Å². The maximum atomic E-state index is 12.4. The van der Waals surface area contributed by atoms with Gasteiger partial charge < -0.3 is 4.74 Å². The molecule has 0 saturated carbocycles. The van der Waals surface area contributed by atoms with E-state index in [-0.39, 0.29) is 11.7 Å². The van der Waals surface area contributed by atoms with Crippen LogP contribution in [0.1, 0.15) is 25.0 Å². The second-order valence-corrected chi connectivity index (χ2v) is 4.24. The summed E-state index contributed by atoms with van der Waals surface area (Å²) in [4.78, 5) is 11.5. The Labute approximate surface area is 114 Å². The Morgan fingerprint density at radius 1 is 1.30 bits per heavy atom. The van der Waals surface area contributed by atoms with Gasteiger partial charge in [-0.1, -0.05) is 12.1 Å². The standard InChI is InChI=1S/C14H12F3NO2/c1-9(2)20-13(19)11(8-18)7-10-3-5-12(6-4-10)14(15,16)17/h3-7,9H,1-2H3. The molecule has 1 rings (SSSR count). The molecule has 1 aromatic carbocycles. The zero-order valence-corrected chi connectivity index (χ0v) is 10.9. The molecule has 0 radical (unpaired) electrons. The third kappa shape index (κ3) is 4.43. The van der Waals surface area contributed by atoms with Gasteiger partial charge >= 0.3 is 12.1 Å². The Kier molecular flexibility index (Phi) is 4.92. The van der Waals surface area contributed by atoms with Gasteiger partial charge in [-0.15, -0.1) is 0 Å². The summed E-state index contributed by atoms with van der Waals surface area (Å²) in [5.41, 5.74) is -0.744.